The number of ketones is 1. The van der Waals surface area contributed by atoms with Crippen molar-refractivity contribution in [2.75, 3.05) is 6.54 Å². The van der Waals surface area contributed by atoms with E-state index in [1.165, 1.54) is 0 Å². The molecule has 20 heavy (non-hydrogen) atoms. The van der Waals surface area contributed by atoms with Crippen molar-refractivity contribution < 1.29 is 4.79 Å². The molecule has 100 valence electrons. The van der Waals surface area contributed by atoms with Gasteiger partial charge in [0.05, 0.1) is 0 Å². The molecule has 4 nitrogen and oxygen atoms in total. The van der Waals surface area contributed by atoms with E-state index in [0.29, 0.717) is 22.9 Å². The van der Waals surface area contributed by atoms with E-state index in [4.69, 9.17) is 12.2 Å². The minimum absolute atomic E-state index is 0.0661. The lowest BCUT2D eigenvalue weighted by atomic mass is 10.1. The van der Waals surface area contributed by atoms with Crippen molar-refractivity contribution in [1.82, 2.24) is 10.7 Å². The Labute approximate surface area is 121 Å². The Morgan fingerprint density at radius 3 is 2.60 bits per heavy atom. The minimum Gasteiger partial charge on any atom is -0.362 e. The molecule has 1 aliphatic carbocycles. The predicted octanol–water partition coefficient (Wildman–Crippen LogP) is 2.22. The van der Waals surface area contributed by atoms with Crippen LogP contribution in [0.15, 0.2) is 41.5 Å². The van der Waals surface area contributed by atoms with Gasteiger partial charge in [-0.05, 0) is 24.5 Å². The number of hydrogen-bond donors (Lipinski definition) is 2. The highest BCUT2D eigenvalue weighted by Crippen LogP contribution is 2.30. The van der Waals surface area contributed by atoms with E-state index >= 15 is 0 Å². The summed E-state index contributed by atoms with van der Waals surface area (Å²) in [7, 11) is 0. The molecule has 0 atom stereocenters. The second kappa shape index (κ2) is 5.02. The highest BCUT2D eigenvalue weighted by atomic mass is 32.1. The summed E-state index contributed by atoms with van der Waals surface area (Å²) in [5, 5.41) is 9.54. The van der Waals surface area contributed by atoms with E-state index in [0.717, 1.165) is 16.3 Å². The molecule has 0 aliphatic heterocycles. The number of thiocarbonyl (C=S) groups is 1. The van der Waals surface area contributed by atoms with Gasteiger partial charge >= 0.3 is 0 Å². The molecular formula is C15H13N3OS. The fraction of sp³-hybridized carbons (Fsp3) is 0.133. The zero-order valence-electron chi connectivity index (χ0n) is 10.9. The molecule has 0 amide bonds. The summed E-state index contributed by atoms with van der Waals surface area (Å²) in [6.45, 7) is 2.65. The van der Waals surface area contributed by atoms with Crippen LogP contribution in [-0.4, -0.2) is 23.2 Å². The van der Waals surface area contributed by atoms with Gasteiger partial charge in [-0.25, -0.2) is 0 Å². The number of hydrogen-bond acceptors (Lipinski definition) is 3. The van der Waals surface area contributed by atoms with Gasteiger partial charge in [0.2, 0.25) is 5.78 Å². The van der Waals surface area contributed by atoms with Crippen LogP contribution < -0.4 is 10.7 Å². The molecule has 0 radical (unpaired) electrons. The lowest BCUT2D eigenvalue weighted by molar-refractivity contribution is 0.106. The molecule has 5 heteroatoms. The molecule has 2 aromatic carbocycles. The third kappa shape index (κ3) is 1.96. The average molecular weight is 283 g/mol. The average Bonchev–Trinajstić information content (AvgIpc) is 2.73. The van der Waals surface area contributed by atoms with Gasteiger partial charge < -0.3 is 5.32 Å². The molecule has 1 aliphatic rings. The number of hydrazone groups is 1. The van der Waals surface area contributed by atoms with Gasteiger partial charge in [-0.15, -0.1) is 0 Å². The first-order valence-electron chi connectivity index (χ1n) is 6.40. The fourth-order valence-electron chi connectivity index (χ4n) is 2.40. The van der Waals surface area contributed by atoms with Crippen LogP contribution in [0.3, 0.4) is 0 Å². The first kappa shape index (κ1) is 12.7. The summed E-state index contributed by atoms with van der Waals surface area (Å²) in [6.07, 6.45) is 0. The van der Waals surface area contributed by atoms with Crippen LogP contribution >= 0.6 is 12.2 Å². The number of benzene rings is 2. The Bertz CT molecular complexity index is 747. The molecule has 0 aromatic heterocycles. The third-order valence-electron chi connectivity index (χ3n) is 3.23. The monoisotopic (exact) mass is 283 g/mol. The minimum atomic E-state index is -0.0661. The molecule has 0 saturated heterocycles. The highest BCUT2D eigenvalue weighted by molar-refractivity contribution is 7.80. The maximum Gasteiger partial charge on any atom is 0.214 e. The second-order valence-corrected chi connectivity index (χ2v) is 4.88. The van der Waals surface area contributed by atoms with Crippen LogP contribution in [-0.2, 0) is 0 Å². The SMILES string of the molecule is CCNC(=S)N/N=C1/C(=O)c2cccc3cccc1c23. The fourth-order valence-corrected chi connectivity index (χ4v) is 2.59. The molecule has 2 N–H and O–H groups in total. The van der Waals surface area contributed by atoms with Crippen molar-refractivity contribution in [3.63, 3.8) is 0 Å². The van der Waals surface area contributed by atoms with Crippen LogP contribution in [0.5, 0.6) is 0 Å². The van der Waals surface area contributed by atoms with Crippen LogP contribution in [0, 0.1) is 0 Å². The van der Waals surface area contributed by atoms with Gasteiger partial charge in [-0.3, -0.25) is 10.2 Å². The molecule has 0 unspecified atom stereocenters. The van der Waals surface area contributed by atoms with E-state index in [9.17, 15) is 4.79 Å². The van der Waals surface area contributed by atoms with Crippen LogP contribution in [0.1, 0.15) is 22.8 Å². The number of nitrogens with one attached hydrogen (secondary N) is 2. The summed E-state index contributed by atoms with van der Waals surface area (Å²) in [5.41, 5.74) is 4.69. The smallest absolute Gasteiger partial charge is 0.214 e. The van der Waals surface area contributed by atoms with Gasteiger partial charge in [0, 0.05) is 23.1 Å². The van der Waals surface area contributed by atoms with Crippen LogP contribution in [0.25, 0.3) is 10.8 Å². The maximum atomic E-state index is 12.4. The van der Waals surface area contributed by atoms with Crippen molar-refractivity contribution in [3.05, 3.63) is 47.5 Å². The Hall–Kier alpha value is -2.27. The van der Waals surface area contributed by atoms with Gasteiger partial charge in [0.15, 0.2) is 5.11 Å². The summed E-state index contributed by atoms with van der Waals surface area (Å²) in [4.78, 5) is 12.4. The number of nitrogens with zero attached hydrogens (tertiary/aromatic N) is 1. The number of carbonyl (C=O) groups excluding carboxylic acids is 1. The Kier molecular flexibility index (Phi) is 3.20. The summed E-state index contributed by atoms with van der Waals surface area (Å²) in [5.74, 6) is -0.0661. The number of carbonyl (C=O) groups is 1. The van der Waals surface area contributed by atoms with Crippen molar-refractivity contribution in [1.29, 1.82) is 0 Å². The topological polar surface area (TPSA) is 53.5 Å². The van der Waals surface area contributed by atoms with E-state index in [-0.39, 0.29) is 5.78 Å². The van der Waals surface area contributed by atoms with Crippen molar-refractivity contribution in [2.45, 2.75) is 6.92 Å². The van der Waals surface area contributed by atoms with Crippen LogP contribution in [0.4, 0.5) is 0 Å². The van der Waals surface area contributed by atoms with Crippen molar-refractivity contribution in [2.24, 2.45) is 5.10 Å². The van der Waals surface area contributed by atoms with Gasteiger partial charge in [-0.2, -0.15) is 5.10 Å². The van der Waals surface area contributed by atoms with Gasteiger partial charge in [-0.1, -0.05) is 36.4 Å². The Morgan fingerprint density at radius 1 is 1.20 bits per heavy atom. The molecule has 0 fully saturated rings. The highest BCUT2D eigenvalue weighted by Gasteiger charge is 2.28. The summed E-state index contributed by atoms with van der Waals surface area (Å²) >= 11 is 5.05. The van der Waals surface area contributed by atoms with Crippen LogP contribution in [0.2, 0.25) is 0 Å². The molecule has 3 rings (SSSR count). The Balaban J connectivity index is 2.05. The second-order valence-electron chi connectivity index (χ2n) is 4.47. The van der Waals surface area contributed by atoms with Gasteiger partial charge in [0.25, 0.3) is 0 Å². The predicted molar refractivity (Wildman–Crippen MR) is 84.2 cm³/mol. The van der Waals surface area contributed by atoms with Gasteiger partial charge in [0.1, 0.15) is 5.71 Å². The molecular weight excluding hydrogens is 270 g/mol. The third-order valence-corrected chi connectivity index (χ3v) is 3.46. The van der Waals surface area contributed by atoms with E-state index < -0.39 is 0 Å². The normalized spacial score (nSPS) is 14.8. The standard InChI is InChI=1S/C15H13N3OS/c1-2-16-15(20)18-17-13-10-7-3-5-9-6-4-8-11(12(9)10)14(13)19/h3-8H,2H2,1H3,(H2,16,18,20)/b17-13+. The zero-order chi connectivity index (χ0) is 14.1. The molecule has 0 saturated carbocycles. The van der Waals surface area contributed by atoms with E-state index in [1.54, 1.807) is 0 Å². The zero-order valence-corrected chi connectivity index (χ0v) is 11.8. The number of rotatable bonds is 2. The summed E-state index contributed by atoms with van der Waals surface area (Å²) < 4.78 is 0. The summed E-state index contributed by atoms with van der Waals surface area (Å²) in [6, 6.07) is 11.6. The number of Topliss-reactive ketones (excluding diaryl/α,β-unsaturated/α-hetero) is 1. The van der Waals surface area contributed by atoms with E-state index in [1.807, 2.05) is 43.3 Å². The first-order valence-corrected chi connectivity index (χ1v) is 6.81. The Morgan fingerprint density at radius 2 is 1.90 bits per heavy atom. The van der Waals surface area contributed by atoms with Crippen molar-refractivity contribution >= 4 is 39.6 Å². The first-order chi connectivity index (χ1) is 9.72. The largest absolute Gasteiger partial charge is 0.362 e. The lowest BCUT2D eigenvalue weighted by Crippen LogP contribution is -2.32. The molecule has 0 bridgehead atoms. The van der Waals surface area contributed by atoms with E-state index in [2.05, 4.69) is 15.8 Å². The molecule has 2 aromatic rings. The molecule has 0 spiro atoms. The van der Waals surface area contributed by atoms with Crippen molar-refractivity contribution in [3.8, 4) is 0 Å². The lowest BCUT2D eigenvalue weighted by Gasteiger charge is -2.04. The quantitative estimate of drug-likeness (QED) is 0.655. The molecule has 0 heterocycles. The maximum absolute atomic E-state index is 12.4.